The highest BCUT2D eigenvalue weighted by molar-refractivity contribution is 6.30. The maximum Gasteiger partial charge on any atom is 0.273 e. The second-order valence-electron chi connectivity index (χ2n) is 6.31. The summed E-state index contributed by atoms with van der Waals surface area (Å²) in [6, 6.07) is 14.4. The zero-order valence-corrected chi connectivity index (χ0v) is 17.4. The predicted molar refractivity (Wildman–Crippen MR) is 115 cm³/mol. The molecule has 0 aliphatic rings. The molecule has 0 aliphatic carbocycles. The Kier molecular flexibility index (Phi) is 6.92. The minimum Gasteiger partial charge on any atom is -0.495 e. The third-order valence-corrected chi connectivity index (χ3v) is 4.60. The lowest BCUT2D eigenvalue weighted by Crippen LogP contribution is -2.44. The number of amides is 2. The van der Waals surface area contributed by atoms with Gasteiger partial charge in [0.05, 0.1) is 42.5 Å². The Bertz CT molecular complexity index is 1050. The fourth-order valence-electron chi connectivity index (χ4n) is 2.94. The lowest BCUT2D eigenvalue weighted by molar-refractivity contribution is -0.120. The second kappa shape index (κ2) is 9.80. The number of hydrazine groups is 1. The Balaban J connectivity index is 1.61. The minimum absolute atomic E-state index is 0.0386. The third kappa shape index (κ3) is 4.90. The van der Waals surface area contributed by atoms with E-state index in [4.69, 9.17) is 16.3 Å². The number of rotatable bonds is 7. The fourth-order valence-corrected chi connectivity index (χ4v) is 3.12. The van der Waals surface area contributed by atoms with Crippen LogP contribution in [0.4, 0.5) is 5.69 Å². The molecule has 0 radical (unpaired) electrons. The predicted octanol–water partition coefficient (Wildman–Crippen LogP) is 2.97. The Labute approximate surface area is 179 Å². The Morgan fingerprint density at radius 1 is 1.13 bits per heavy atom. The number of methoxy groups -OCH3 is 1. The van der Waals surface area contributed by atoms with Gasteiger partial charge in [-0.15, -0.1) is 0 Å². The molecule has 0 fully saturated rings. The smallest absolute Gasteiger partial charge is 0.273 e. The van der Waals surface area contributed by atoms with Crippen molar-refractivity contribution in [1.82, 2.24) is 20.6 Å². The molecule has 0 saturated heterocycles. The van der Waals surface area contributed by atoms with E-state index >= 15 is 0 Å². The Morgan fingerprint density at radius 2 is 1.93 bits per heavy atom. The van der Waals surface area contributed by atoms with Crippen molar-refractivity contribution in [1.29, 1.82) is 0 Å². The molecule has 30 heavy (non-hydrogen) atoms. The number of carbonyl (C=O) groups excluding carboxylic acids is 2. The number of aromatic nitrogens is 2. The van der Waals surface area contributed by atoms with Crippen LogP contribution in [0, 0.1) is 0 Å². The fraction of sp³-hybridized carbons (Fsp3) is 0.190. The van der Waals surface area contributed by atoms with Crippen LogP contribution >= 0.6 is 11.6 Å². The van der Waals surface area contributed by atoms with Crippen LogP contribution < -0.4 is 20.9 Å². The van der Waals surface area contributed by atoms with Crippen LogP contribution in [0.5, 0.6) is 5.75 Å². The second-order valence-corrected chi connectivity index (χ2v) is 6.74. The maximum absolute atomic E-state index is 12.6. The molecule has 3 aromatic rings. The molecule has 8 nitrogen and oxygen atoms in total. The van der Waals surface area contributed by atoms with E-state index in [0.29, 0.717) is 34.1 Å². The van der Waals surface area contributed by atoms with Gasteiger partial charge in [0.25, 0.3) is 11.8 Å². The molecule has 0 saturated carbocycles. The van der Waals surface area contributed by atoms with Crippen molar-refractivity contribution < 1.29 is 14.3 Å². The highest BCUT2D eigenvalue weighted by Gasteiger charge is 2.18. The van der Waals surface area contributed by atoms with E-state index in [1.54, 1.807) is 36.1 Å². The summed E-state index contributed by atoms with van der Waals surface area (Å²) in [5.74, 6) is -0.240. The van der Waals surface area contributed by atoms with Gasteiger partial charge in [0.1, 0.15) is 5.75 Å². The zero-order valence-electron chi connectivity index (χ0n) is 16.6. The summed E-state index contributed by atoms with van der Waals surface area (Å²) in [6.45, 7) is 1.88. The van der Waals surface area contributed by atoms with Crippen LogP contribution in [0.15, 0.2) is 54.7 Å². The Morgan fingerprint density at radius 3 is 2.67 bits per heavy atom. The van der Waals surface area contributed by atoms with Crippen LogP contribution in [-0.4, -0.2) is 35.2 Å². The standard InChI is InChI=1S/C21H22ClN5O3/c1-3-18-16(12-24-27(18)15-8-6-7-14(22)11-15)21(29)26-25-20(28)13-23-17-9-4-5-10-19(17)30-2/h4-12,23H,3,13H2,1-2H3,(H,25,28)(H,26,29). The quantitative estimate of drug-likeness (QED) is 0.504. The number of hydrogen-bond donors (Lipinski definition) is 3. The van der Waals surface area contributed by atoms with Crippen molar-refractivity contribution in [2.45, 2.75) is 13.3 Å². The summed E-state index contributed by atoms with van der Waals surface area (Å²) in [6.07, 6.45) is 2.03. The number of hydrogen-bond acceptors (Lipinski definition) is 5. The van der Waals surface area contributed by atoms with Gasteiger partial charge in [0.2, 0.25) is 0 Å². The molecule has 2 aromatic carbocycles. The maximum atomic E-state index is 12.6. The molecule has 3 N–H and O–H groups in total. The van der Waals surface area contributed by atoms with Gasteiger partial charge in [0.15, 0.2) is 0 Å². The van der Waals surface area contributed by atoms with E-state index in [9.17, 15) is 9.59 Å². The average molecular weight is 428 g/mol. The minimum atomic E-state index is -0.453. The zero-order chi connectivity index (χ0) is 21.5. The summed E-state index contributed by atoms with van der Waals surface area (Å²) in [5, 5.41) is 7.84. The average Bonchev–Trinajstić information content (AvgIpc) is 3.20. The third-order valence-electron chi connectivity index (χ3n) is 4.36. The number of nitrogens with zero attached hydrogens (tertiary/aromatic N) is 2. The summed E-state index contributed by atoms with van der Waals surface area (Å²) >= 11 is 6.06. The van der Waals surface area contributed by atoms with E-state index in [0.717, 1.165) is 5.69 Å². The summed E-state index contributed by atoms with van der Waals surface area (Å²) in [7, 11) is 1.55. The molecule has 3 rings (SSSR count). The molecule has 156 valence electrons. The lowest BCUT2D eigenvalue weighted by atomic mass is 10.2. The van der Waals surface area contributed by atoms with E-state index in [1.807, 2.05) is 31.2 Å². The van der Waals surface area contributed by atoms with Gasteiger partial charge >= 0.3 is 0 Å². The summed E-state index contributed by atoms with van der Waals surface area (Å²) in [5.41, 5.74) is 7.33. The van der Waals surface area contributed by atoms with Crippen LogP contribution in [0.2, 0.25) is 5.02 Å². The summed E-state index contributed by atoms with van der Waals surface area (Å²) in [4.78, 5) is 24.7. The van der Waals surface area contributed by atoms with Gasteiger partial charge in [-0.1, -0.05) is 36.7 Å². The van der Waals surface area contributed by atoms with Gasteiger partial charge in [0, 0.05) is 5.02 Å². The first-order valence-corrected chi connectivity index (χ1v) is 9.70. The topological polar surface area (TPSA) is 97.3 Å². The first-order valence-electron chi connectivity index (χ1n) is 9.32. The lowest BCUT2D eigenvalue weighted by Gasteiger charge is -2.12. The number of para-hydroxylation sites is 2. The van der Waals surface area contributed by atoms with Gasteiger partial charge in [-0.25, -0.2) is 4.68 Å². The van der Waals surface area contributed by atoms with Crippen molar-refractivity contribution in [3.05, 3.63) is 71.0 Å². The van der Waals surface area contributed by atoms with Gasteiger partial charge in [-0.3, -0.25) is 20.4 Å². The number of benzene rings is 2. The monoisotopic (exact) mass is 427 g/mol. The first-order chi connectivity index (χ1) is 14.5. The largest absolute Gasteiger partial charge is 0.495 e. The number of halogens is 1. The van der Waals surface area contributed by atoms with E-state index in [2.05, 4.69) is 21.3 Å². The SMILES string of the molecule is CCc1c(C(=O)NNC(=O)CNc2ccccc2OC)cnn1-c1cccc(Cl)c1. The molecule has 1 aromatic heterocycles. The number of carbonyl (C=O) groups is 2. The van der Waals surface area contributed by atoms with Crippen molar-refractivity contribution in [3.63, 3.8) is 0 Å². The molecule has 0 bridgehead atoms. The normalized spacial score (nSPS) is 10.4. The van der Waals surface area contributed by atoms with Crippen LogP contribution in [0.25, 0.3) is 5.69 Å². The van der Waals surface area contributed by atoms with Gasteiger partial charge in [-0.05, 0) is 36.8 Å². The molecule has 0 atom stereocenters. The Hall–Kier alpha value is -3.52. The van der Waals surface area contributed by atoms with Crippen LogP contribution in [-0.2, 0) is 11.2 Å². The number of anilines is 1. The molecule has 0 aliphatic heterocycles. The number of nitrogens with one attached hydrogen (secondary N) is 3. The highest BCUT2D eigenvalue weighted by Crippen LogP contribution is 2.22. The van der Waals surface area contributed by atoms with Gasteiger partial charge in [-0.2, -0.15) is 5.10 Å². The summed E-state index contributed by atoms with van der Waals surface area (Å²) < 4.78 is 6.88. The highest BCUT2D eigenvalue weighted by atomic mass is 35.5. The van der Waals surface area contributed by atoms with E-state index < -0.39 is 11.8 Å². The van der Waals surface area contributed by atoms with Crippen LogP contribution in [0.3, 0.4) is 0 Å². The van der Waals surface area contributed by atoms with E-state index in [1.165, 1.54) is 6.20 Å². The number of ether oxygens (including phenoxy) is 1. The molecule has 1 heterocycles. The molecular weight excluding hydrogens is 406 g/mol. The molecule has 0 spiro atoms. The molecule has 0 unspecified atom stereocenters. The molecule has 9 heteroatoms. The van der Waals surface area contributed by atoms with Crippen molar-refractivity contribution in [3.8, 4) is 11.4 Å². The van der Waals surface area contributed by atoms with Crippen LogP contribution in [0.1, 0.15) is 23.0 Å². The van der Waals surface area contributed by atoms with Crippen molar-refractivity contribution in [2.75, 3.05) is 19.0 Å². The molecule has 2 amide bonds. The first kappa shape index (κ1) is 21.2. The van der Waals surface area contributed by atoms with E-state index in [-0.39, 0.29) is 6.54 Å². The van der Waals surface area contributed by atoms with Crippen molar-refractivity contribution >= 4 is 29.1 Å². The molecular formula is C21H22ClN5O3. The van der Waals surface area contributed by atoms with Crippen molar-refractivity contribution in [2.24, 2.45) is 0 Å². The van der Waals surface area contributed by atoms with Gasteiger partial charge < -0.3 is 10.1 Å².